The van der Waals surface area contributed by atoms with Crippen LogP contribution in [0.2, 0.25) is 0 Å². The van der Waals surface area contributed by atoms with Crippen molar-refractivity contribution >= 4 is 6.03 Å². The van der Waals surface area contributed by atoms with E-state index in [2.05, 4.69) is 5.32 Å². The first-order chi connectivity index (χ1) is 5.22. The number of hydrogen-bond donors (Lipinski definition) is 2. The third-order valence-electron chi connectivity index (χ3n) is 2.17. The summed E-state index contributed by atoms with van der Waals surface area (Å²) in [6.45, 7) is 1.93. The van der Waals surface area contributed by atoms with Gasteiger partial charge < -0.3 is 16.0 Å². The minimum absolute atomic E-state index is 0.293. The van der Waals surface area contributed by atoms with E-state index >= 15 is 0 Å². The van der Waals surface area contributed by atoms with Crippen LogP contribution in [0.15, 0.2) is 0 Å². The molecule has 0 unspecified atom stereocenters. The number of nitrogens with zero attached hydrogens (tertiary/aromatic N) is 1. The van der Waals surface area contributed by atoms with Crippen LogP contribution in [0.5, 0.6) is 0 Å². The van der Waals surface area contributed by atoms with Crippen molar-refractivity contribution < 1.29 is 4.79 Å². The number of rotatable bonds is 1. The third-order valence-corrected chi connectivity index (χ3v) is 2.17. The highest BCUT2D eigenvalue weighted by Crippen LogP contribution is 2.07. The van der Waals surface area contributed by atoms with Gasteiger partial charge in [-0.3, -0.25) is 0 Å². The van der Waals surface area contributed by atoms with Gasteiger partial charge in [-0.2, -0.15) is 0 Å². The van der Waals surface area contributed by atoms with Gasteiger partial charge in [0.2, 0.25) is 0 Å². The highest BCUT2D eigenvalue weighted by Gasteiger charge is 2.19. The van der Waals surface area contributed by atoms with Crippen LogP contribution in [0.25, 0.3) is 0 Å². The van der Waals surface area contributed by atoms with Crippen LogP contribution in [-0.4, -0.2) is 37.1 Å². The summed E-state index contributed by atoms with van der Waals surface area (Å²) >= 11 is 0. The van der Waals surface area contributed by atoms with Gasteiger partial charge in [-0.05, 0) is 19.4 Å². The van der Waals surface area contributed by atoms with Crippen molar-refractivity contribution in [2.24, 2.45) is 5.73 Å². The zero-order valence-corrected chi connectivity index (χ0v) is 6.84. The van der Waals surface area contributed by atoms with E-state index in [0.717, 1.165) is 25.9 Å². The van der Waals surface area contributed by atoms with Gasteiger partial charge in [0.25, 0.3) is 0 Å². The first-order valence-electron chi connectivity index (χ1n) is 3.95. The number of likely N-dealkylation sites (N-methyl/N-ethyl adjacent to an activating group) is 1. The van der Waals surface area contributed by atoms with Crippen molar-refractivity contribution in [2.75, 3.05) is 20.1 Å². The molecule has 11 heavy (non-hydrogen) atoms. The number of urea groups is 1. The number of nitrogens with two attached hydrogens (primary N) is 1. The van der Waals surface area contributed by atoms with Crippen LogP contribution in [0, 0.1) is 0 Å². The molecule has 0 saturated carbocycles. The predicted octanol–water partition coefficient (Wildman–Crippen LogP) is -0.251. The molecule has 0 spiro atoms. The monoisotopic (exact) mass is 157 g/mol. The lowest BCUT2D eigenvalue weighted by Gasteiger charge is -2.30. The summed E-state index contributed by atoms with van der Waals surface area (Å²) in [7, 11) is 1.75. The van der Waals surface area contributed by atoms with E-state index < -0.39 is 0 Å². The molecule has 1 fully saturated rings. The van der Waals surface area contributed by atoms with Crippen LogP contribution < -0.4 is 11.1 Å². The number of carbonyl (C=O) groups is 1. The summed E-state index contributed by atoms with van der Waals surface area (Å²) in [5.41, 5.74) is 5.13. The Morgan fingerprint density at radius 1 is 1.73 bits per heavy atom. The molecule has 1 aliphatic heterocycles. The topological polar surface area (TPSA) is 58.4 Å². The number of hydrogen-bond acceptors (Lipinski definition) is 2. The standard InChI is InChI=1S/C7H15N3O/c1-10(7(8)11)6-3-2-4-9-5-6/h6,9H,2-5H2,1H3,(H2,8,11)/t6-/m1/s1. The Kier molecular flexibility index (Phi) is 2.70. The van der Waals surface area contributed by atoms with Crippen LogP contribution in [-0.2, 0) is 0 Å². The van der Waals surface area contributed by atoms with Crippen molar-refractivity contribution in [3.05, 3.63) is 0 Å². The maximum atomic E-state index is 10.7. The number of amides is 2. The van der Waals surface area contributed by atoms with Crippen LogP contribution in [0.3, 0.4) is 0 Å². The molecule has 0 aliphatic carbocycles. The zero-order chi connectivity index (χ0) is 8.27. The SMILES string of the molecule is CN(C(N)=O)[C@@H]1CCCNC1. The molecule has 1 atom stereocenters. The lowest BCUT2D eigenvalue weighted by molar-refractivity contribution is 0.187. The Morgan fingerprint density at radius 2 is 2.45 bits per heavy atom. The molecule has 0 radical (unpaired) electrons. The summed E-state index contributed by atoms with van der Waals surface area (Å²) in [6, 6.07) is -0.0417. The Bertz CT molecular complexity index is 143. The van der Waals surface area contributed by atoms with Gasteiger partial charge >= 0.3 is 6.03 Å². The number of primary amides is 1. The lowest BCUT2D eigenvalue weighted by Crippen LogP contribution is -2.48. The molecule has 1 aliphatic rings. The number of nitrogens with one attached hydrogen (secondary N) is 1. The molecule has 2 amide bonds. The second kappa shape index (κ2) is 3.57. The fraction of sp³-hybridized carbons (Fsp3) is 0.857. The average Bonchev–Trinajstić information content (AvgIpc) is 2.05. The first-order valence-corrected chi connectivity index (χ1v) is 3.95. The molecule has 0 aromatic heterocycles. The van der Waals surface area contributed by atoms with Crippen molar-refractivity contribution in [3.8, 4) is 0 Å². The Labute approximate surface area is 66.7 Å². The molecule has 0 bridgehead atoms. The minimum Gasteiger partial charge on any atom is -0.351 e. The normalized spacial score (nSPS) is 24.6. The molecule has 4 heteroatoms. The van der Waals surface area contributed by atoms with E-state index in [0.29, 0.717) is 6.04 Å². The number of piperidine rings is 1. The minimum atomic E-state index is -0.335. The summed E-state index contributed by atoms with van der Waals surface area (Å²) in [6.07, 6.45) is 2.19. The lowest BCUT2D eigenvalue weighted by atomic mass is 10.1. The van der Waals surface area contributed by atoms with Gasteiger partial charge in [0.1, 0.15) is 0 Å². The van der Waals surface area contributed by atoms with Crippen molar-refractivity contribution in [1.29, 1.82) is 0 Å². The molecule has 3 N–H and O–H groups in total. The van der Waals surface area contributed by atoms with E-state index in [-0.39, 0.29) is 6.03 Å². The van der Waals surface area contributed by atoms with Gasteiger partial charge in [-0.1, -0.05) is 0 Å². The fourth-order valence-electron chi connectivity index (χ4n) is 1.34. The fourth-order valence-corrected chi connectivity index (χ4v) is 1.34. The maximum Gasteiger partial charge on any atom is 0.314 e. The van der Waals surface area contributed by atoms with Crippen LogP contribution in [0.1, 0.15) is 12.8 Å². The van der Waals surface area contributed by atoms with E-state index in [1.807, 2.05) is 0 Å². The van der Waals surface area contributed by atoms with Crippen LogP contribution >= 0.6 is 0 Å². The molecular formula is C7H15N3O. The van der Waals surface area contributed by atoms with E-state index in [9.17, 15) is 4.79 Å². The van der Waals surface area contributed by atoms with E-state index in [1.165, 1.54) is 0 Å². The molecule has 1 rings (SSSR count). The van der Waals surface area contributed by atoms with Gasteiger partial charge in [-0.15, -0.1) is 0 Å². The summed E-state index contributed by atoms with van der Waals surface area (Å²) < 4.78 is 0. The predicted molar refractivity (Wildman–Crippen MR) is 43.2 cm³/mol. The quantitative estimate of drug-likeness (QED) is 0.551. The molecule has 1 heterocycles. The largest absolute Gasteiger partial charge is 0.351 e. The second-order valence-corrected chi connectivity index (χ2v) is 2.95. The second-order valence-electron chi connectivity index (χ2n) is 2.95. The van der Waals surface area contributed by atoms with Crippen molar-refractivity contribution in [1.82, 2.24) is 10.2 Å². The van der Waals surface area contributed by atoms with E-state index in [4.69, 9.17) is 5.73 Å². The third kappa shape index (κ3) is 2.08. The maximum absolute atomic E-state index is 10.7. The van der Waals surface area contributed by atoms with Crippen molar-refractivity contribution in [2.45, 2.75) is 18.9 Å². The van der Waals surface area contributed by atoms with Gasteiger partial charge in [0, 0.05) is 19.6 Å². The summed E-state index contributed by atoms with van der Waals surface area (Å²) in [5, 5.41) is 3.22. The average molecular weight is 157 g/mol. The molecular weight excluding hydrogens is 142 g/mol. The molecule has 4 nitrogen and oxygen atoms in total. The summed E-state index contributed by atoms with van der Waals surface area (Å²) in [4.78, 5) is 12.3. The summed E-state index contributed by atoms with van der Waals surface area (Å²) in [5.74, 6) is 0. The van der Waals surface area contributed by atoms with Crippen LogP contribution in [0.4, 0.5) is 4.79 Å². The van der Waals surface area contributed by atoms with Gasteiger partial charge in [0.15, 0.2) is 0 Å². The molecule has 0 aromatic carbocycles. The van der Waals surface area contributed by atoms with Gasteiger partial charge in [-0.25, -0.2) is 4.79 Å². The zero-order valence-electron chi connectivity index (χ0n) is 6.84. The van der Waals surface area contributed by atoms with E-state index in [1.54, 1.807) is 11.9 Å². The highest BCUT2D eigenvalue weighted by molar-refractivity contribution is 5.72. The number of carbonyl (C=O) groups excluding carboxylic acids is 1. The Hall–Kier alpha value is -0.770. The van der Waals surface area contributed by atoms with Gasteiger partial charge in [0.05, 0.1) is 0 Å². The Balaban J connectivity index is 2.38. The Morgan fingerprint density at radius 3 is 2.91 bits per heavy atom. The van der Waals surface area contributed by atoms with Crippen molar-refractivity contribution in [3.63, 3.8) is 0 Å². The highest BCUT2D eigenvalue weighted by atomic mass is 16.2. The molecule has 0 aromatic rings. The molecule has 64 valence electrons. The first kappa shape index (κ1) is 8.33. The smallest absolute Gasteiger partial charge is 0.314 e. The molecule has 1 saturated heterocycles.